The van der Waals surface area contributed by atoms with Gasteiger partial charge in [0.15, 0.2) is 0 Å². The van der Waals surface area contributed by atoms with E-state index in [-0.39, 0.29) is 6.10 Å². The van der Waals surface area contributed by atoms with E-state index in [0.717, 1.165) is 50.6 Å². The Balaban J connectivity index is 1.70. The van der Waals surface area contributed by atoms with Crippen molar-refractivity contribution in [2.45, 2.75) is 50.7 Å². The molecule has 0 radical (unpaired) electrons. The van der Waals surface area contributed by atoms with Gasteiger partial charge >= 0.3 is 0 Å². The number of rotatable bonds is 2. The van der Waals surface area contributed by atoms with E-state index in [1.807, 2.05) is 0 Å². The fourth-order valence-corrected chi connectivity index (χ4v) is 2.68. The number of nitrogens with one attached hydrogen (secondary N) is 1. The second-order valence-electron chi connectivity index (χ2n) is 5.07. The minimum absolute atomic E-state index is 0.0617. The normalized spacial score (nSPS) is 34.1. The molecule has 2 saturated heterocycles. The highest BCUT2D eigenvalue weighted by molar-refractivity contribution is 5.00. The first-order chi connectivity index (χ1) is 8.33. The Morgan fingerprint density at radius 2 is 2.29 bits per heavy atom. The summed E-state index contributed by atoms with van der Waals surface area (Å²) in [5, 5.41) is 7.50. The van der Waals surface area contributed by atoms with Crippen LogP contribution in [0, 0.1) is 0 Å². The molecule has 2 aliphatic heterocycles. The average Bonchev–Trinajstić information content (AvgIpc) is 3.00. The van der Waals surface area contributed by atoms with Gasteiger partial charge in [0, 0.05) is 18.6 Å². The molecule has 2 fully saturated rings. The van der Waals surface area contributed by atoms with Crippen molar-refractivity contribution in [1.29, 1.82) is 0 Å². The summed E-state index contributed by atoms with van der Waals surface area (Å²) in [6.45, 7) is 4.05. The Kier molecular flexibility index (Phi) is 3.11. The Bertz CT molecular complexity index is 374. The van der Waals surface area contributed by atoms with Crippen LogP contribution in [-0.2, 0) is 4.74 Å². The van der Waals surface area contributed by atoms with E-state index in [0.29, 0.717) is 12.0 Å². The number of hydrogen-bond donors (Lipinski definition) is 1. The van der Waals surface area contributed by atoms with Crippen LogP contribution in [0.2, 0.25) is 0 Å². The summed E-state index contributed by atoms with van der Waals surface area (Å²) in [6.07, 6.45) is 4.33. The first-order valence-electron chi connectivity index (χ1n) is 6.51. The van der Waals surface area contributed by atoms with Gasteiger partial charge in [-0.25, -0.2) is 0 Å². The Morgan fingerprint density at radius 3 is 3.06 bits per heavy atom. The van der Waals surface area contributed by atoms with Gasteiger partial charge in [0.2, 0.25) is 11.7 Å². The summed E-state index contributed by atoms with van der Waals surface area (Å²) in [6, 6.07) is 0.534. The van der Waals surface area contributed by atoms with Gasteiger partial charge in [0.05, 0.1) is 0 Å². The highest BCUT2D eigenvalue weighted by Crippen LogP contribution is 2.30. The van der Waals surface area contributed by atoms with Gasteiger partial charge in [-0.2, -0.15) is 4.98 Å². The summed E-state index contributed by atoms with van der Waals surface area (Å²) >= 11 is 0. The smallest absolute Gasteiger partial charge is 0.229 e. The minimum atomic E-state index is 0.0617. The fraction of sp³-hybridized carbons (Fsp3) is 0.833. The molecule has 0 spiro atoms. The monoisotopic (exact) mass is 237 g/mol. The summed E-state index contributed by atoms with van der Waals surface area (Å²) in [4.78, 5) is 4.52. The number of aromatic nitrogens is 2. The third kappa shape index (κ3) is 2.35. The van der Waals surface area contributed by atoms with Crippen LogP contribution in [0.5, 0.6) is 0 Å². The molecule has 5 nitrogen and oxygen atoms in total. The van der Waals surface area contributed by atoms with Crippen LogP contribution in [0.3, 0.4) is 0 Å². The molecule has 3 rings (SSSR count). The molecular formula is C12H19N3O2. The van der Waals surface area contributed by atoms with E-state index >= 15 is 0 Å². The molecule has 1 N–H and O–H groups in total. The molecule has 0 bridgehead atoms. The lowest BCUT2D eigenvalue weighted by Gasteiger charge is -2.25. The lowest BCUT2D eigenvalue weighted by molar-refractivity contribution is 0.103. The van der Waals surface area contributed by atoms with Crippen LogP contribution in [0.15, 0.2) is 4.52 Å². The largest absolute Gasteiger partial charge is 0.370 e. The quantitative estimate of drug-likeness (QED) is 0.849. The Hall–Kier alpha value is -0.940. The number of piperidine rings is 1. The standard InChI is InChI=1S/C12H19N3O2/c1-8-7-9(4-5-13-8)12-14-11(15-17-12)10-3-2-6-16-10/h8-10,13H,2-7H2,1H3/t8-,9-,10?/m0/s1. The van der Waals surface area contributed by atoms with Crippen LogP contribution < -0.4 is 5.32 Å². The molecular weight excluding hydrogens is 218 g/mol. The zero-order valence-corrected chi connectivity index (χ0v) is 10.2. The molecule has 3 atom stereocenters. The van der Waals surface area contributed by atoms with Crippen molar-refractivity contribution in [3.8, 4) is 0 Å². The number of ether oxygens (including phenoxy) is 1. The fourth-order valence-electron chi connectivity index (χ4n) is 2.68. The van der Waals surface area contributed by atoms with Crippen molar-refractivity contribution in [3.63, 3.8) is 0 Å². The molecule has 94 valence electrons. The molecule has 2 aliphatic rings. The van der Waals surface area contributed by atoms with Crippen molar-refractivity contribution in [1.82, 2.24) is 15.5 Å². The second-order valence-corrected chi connectivity index (χ2v) is 5.07. The summed E-state index contributed by atoms with van der Waals surface area (Å²) in [5.74, 6) is 1.95. The predicted octanol–water partition coefficient (Wildman–Crippen LogP) is 1.78. The molecule has 0 aromatic carbocycles. The molecule has 1 unspecified atom stereocenters. The third-order valence-electron chi connectivity index (χ3n) is 3.65. The van der Waals surface area contributed by atoms with Gasteiger partial charge in [-0.05, 0) is 39.2 Å². The predicted molar refractivity (Wildman–Crippen MR) is 61.7 cm³/mol. The van der Waals surface area contributed by atoms with E-state index in [1.54, 1.807) is 0 Å². The van der Waals surface area contributed by atoms with Crippen LogP contribution >= 0.6 is 0 Å². The van der Waals surface area contributed by atoms with Crippen molar-refractivity contribution in [2.24, 2.45) is 0 Å². The average molecular weight is 237 g/mol. The topological polar surface area (TPSA) is 60.2 Å². The minimum Gasteiger partial charge on any atom is -0.370 e. The van der Waals surface area contributed by atoms with Crippen LogP contribution in [0.1, 0.15) is 56.3 Å². The Morgan fingerprint density at radius 1 is 1.35 bits per heavy atom. The lowest BCUT2D eigenvalue weighted by Crippen LogP contribution is -2.34. The summed E-state index contributed by atoms with van der Waals surface area (Å²) in [5.41, 5.74) is 0. The summed E-state index contributed by atoms with van der Waals surface area (Å²) in [7, 11) is 0. The number of hydrogen-bond acceptors (Lipinski definition) is 5. The van der Waals surface area contributed by atoms with E-state index in [1.165, 1.54) is 0 Å². The van der Waals surface area contributed by atoms with E-state index in [2.05, 4.69) is 22.4 Å². The lowest BCUT2D eigenvalue weighted by atomic mass is 9.93. The van der Waals surface area contributed by atoms with Gasteiger partial charge < -0.3 is 14.6 Å². The molecule has 1 aromatic heterocycles. The molecule has 0 saturated carbocycles. The third-order valence-corrected chi connectivity index (χ3v) is 3.65. The van der Waals surface area contributed by atoms with Gasteiger partial charge in [-0.1, -0.05) is 5.16 Å². The zero-order valence-electron chi connectivity index (χ0n) is 10.2. The molecule has 0 aliphatic carbocycles. The maximum atomic E-state index is 5.56. The number of nitrogens with zero attached hydrogens (tertiary/aromatic N) is 2. The molecule has 3 heterocycles. The SMILES string of the molecule is C[C@H]1C[C@@H](c2nc(C3CCCO3)no2)CCN1. The van der Waals surface area contributed by atoms with Crippen LogP contribution in [-0.4, -0.2) is 29.3 Å². The van der Waals surface area contributed by atoms with Gasteiger partial charge in [0.25, 0.3) is 0 Å². The van der Waals surface area contributed by atoms with Crippen molar-refractivity contribution >= 4 is 0 Å². The zero-order chi connectivity index (χ0) is 11.7. The van der Waals surface area contributed by atoms with E-state index in [9.17, 15) is 0 Å². The van der Waals surface area contributed by atoms with Crippen molar-refractivity contribution in [2.75, 3.05) is 13.2 Å². The van der Waals surface area contributed by atoms with Crippen LogP contribution in [0.25, 0.3) is 0 Å². The summed E-state index contributed by atoms with van der Waals surface area (Å²) < 4.78 is 11.0. The first-order valence-corrected chi connectivity index (χ1v) is 6.51. The maximum absolute atomic E-state index is 5.56. The molecule has 5 heteroatoms. The van der Waals surface area contributed by atoms with E-state index < -0.39 is 0 Å². The highest BCUT2D eigenvalue weighted by Gasteiger charge is 2.28. The maximum Gasteiger partial charge on any atom is 0.229 e. The molecule has 1 aromatic rings. The molecule has 0 amide bonds. The van der Waals surface area contributed by atoms with Gasteiger partial charge in [0.1, 0.15) is 6.10 Å². The van der Waals surface area contributed by atoms with Gasteiger partial charge in [-0.3, -0.25) is 0 Å². The molecule has 17 heavy (non-hydrogen) atoms. The van der Waals surface area contributed by atoms with Gasteiger partial charge in [-0.15, -0.1) is 0 Å². The van der Waals surface area contributed by atoms with Crippen LogP contribution in [0.4, 0.5) is 0 Å². The highest BCUT2D eigenvalue weighted by atomic mass is 16.5. The first kappa shape index (κ1) is 11.2. The van der Waals surface area contributed by atoms with Crippen molar-refractivity contribution in [3.05, 3.63) is 11.7 Å². The van der Waals surface area contributed by atoms with E-state index in [4.69, 9.17) is 9.26 Å². The van der Waals surface area contributed by atoms with Crippen molar-refractivity contribution < 1.29 is 9.26 Å². The Labute approximate surface area is 101 Å². The second kappa shape index (κ2) is 4.74.